The van der Waals surface area contributed by atoms with Crippen LogP contribution in [0.5, 0.6) is 5.75 Å². The Labute approximate surface area is 77.0 Å². The third-order valence-electron chi connectivity index (χ3n) is 1.58. The molecule has 66 valence electrons. The molecule has 0 unspecified atom stereocenters. The number of phenolic OH excluding ortho intramolecular Hbond substituents is 1. The molecule has 0 aromatic heterocycles. The van der Waals surface area contributed by atoms with Crippen LogP contribution in [0.1, 0.15) is 12.5 Å². The van der Waals surface area contributed by atoms with Crippen LogP contribution in [0.15, 0.2) is 18.2 Å². The number of nitrogens with two attached hydrogens (primary N) is 1. The van der Waals surface area contributed by atoms with Crippen LogP contribution in [0, 0.1) is 0 Å². The number of phenols is 1. The molecule has 12 heavy (non-hydrogen) atoms. The highest BCUT2D eigenvalue weighted by molar-refractivity contribution is 6.31. The van der Waals surface area contributed by atoms with Crippen LogP contribution in [0.2, 0.25) is 5.02 Å². The van der Waals surface area contributed by atoms with Gasteiger partial charge in [0, 0.05) is 11.1 Å². The molecular weight excluding hydrogens is 174 g/mol. The lowest BCUT2D eigenvalue weighted by molar-refractivity contribution is 0.475. The number of rotatable bonds is 2. The minimum Gasteiger partial charge on any atom is -0.508 e. The lowest BCUT2D eigenvalue weighted by Crippen LogP contribution is -2.17. The molecule has 0 fully saturated rings. The quantitative estimate of drug-likeness (QED) is 0.740. The van der Waals surface area contributed by atoms with Crippen molar-refractivity contribution in [3.05, 3.63) is 28.8 Å². The fourth-order valence-electron chi connectivity index (χ4n) is 1.05. The van der Waals surface area contributed by atoms with Gasteiger partial charge in [-0.1, -0.05) is 17.7 Å². The van der Waals surface area contributed by atoms with Crippen molar-refractivity contribution >= 4 is 11.6 Å². The maximum absolute atomic E-state index is 9.06. The number of hydrogen-bond acceptors (Lipinski definition) is 2. The molecule has 0 heterocycles. The zero-order chi connectivity index (χ0) is 9.14. The van der Waals surface area contributed by atoms with Crippen LogP contribution in [0.3, 0.4) is 0 Å². The van der Waals surface area contributed by atoms with Gasteiger partial charge in [-0.15, -0.1) is 0 Å². The molecule has 0 spiro atoms. The van der Waals surface area contributed by atoms with Crippen LogP contribution in [0.25, 0.3) is 0 Å². The predicted molar refractivity (Wildman–Crippen MR) is 50.5 cm³/mol. The number of aromatic hydroxyl groups is 1. The average molecular weight is 186 g/mol. The van der Waals surface area contributed by atoms with Gasteiger partial charge < -0.3 is 10.8 Å². The summed E-state index contributed by atoms with van der Waals surface area (Å²) in [5, 5.41) is 9.63. The van der Waals surface area contributed by atoms with Gasteiger partial charge in [-0.3, -0.25) is 0 Å². The van der Waals surface area contributed by atoms with E-state index < -0.39 is 0 Å². The van der Waals surface area contributed by atoms with E-state index in [1.165, 1.54) is 6.07 Å². The van der Waals surface area contributed by atoms with E-state index in [9.17, 15) is 0 Å². The molecule has 1 aromatic rings. The number of halogens is 1. The summed E-state index contributed by atoms with van der Waals surface area (Å²) in [6, 6.07) is 5.02. The van der Waals surface area contributed by atoms with Crippen LogP contribution in [0.4, 0.5) is 0 Å². The van der Waals surface area contributed by atoms with Crippen molar-refractivity contribution in [1.29, 1.82) is 0 Å². The lowest BCUT2D eigenvalue weighted by Gasteiger charge is -2.06. The van der Waals surface area contributed by atoms with E-state index in [1.807, 2.05) is 6.92 Å². The summed E-state index contributed by atoms with van der Waals surface area (Å²) in [7, 11) is 0. The molecule has 3 heteroatoms. The molecule has 1 atom stereocenters. The first-order valence-electron chi connectivity index (χ1n) is 3.82. The summed E-state index contributed by atoms with van der Waals surface area (Å²) < 4.78 is 0. The van der Waals surface area contributed by atoms with E-state index >= 15 is 0 Å². The summed E-state index contributed by atoms with van der Waals surface area (Å²) in [6.45, 7) is 1.92. The Morgan fingerprint density at radius 2 is 2.25 bits per heavy atom. The van der Waals surface area contributed by atoms with E-state index in [0.717, 1.165) is 12.0 Å². The second kappa shape index (κ2) is 3.78. The Morgan fingerprint density at radius 1 is 1.58 bits per heavy atom. The summed E-state index contributed by atoms with van der Waals surface area (Å²) in [5.41, 5.74) is 6.59. The average Bonchev–Trinajstić information content (AvgIpc) is 1.94. The normalized spacial score (nSPS) is 12.9. The monoisotopic (exact) mass is 185 g/mol. The fraction of sp³-hybridized carbons (Fsp3) is 0.333. The van der Waals surface area contributed by atoms with Gasteiger partial charge in [0.05, 0.1) is 0 Å². The standard InChI is InChI=1S/C9H12ClNO/c1-6(11)4-7-2-3-8(12)5-9(7)10/h2-3,5-6,12H,4,11H2,1H3/t6-/m0/s1. The molecule has 0 radical (unpaired) electrons. The second-order valence-electron chi connectivity index (χ2n) is 2.96. The van der Waals surface area contributed by atoms with Crippen molar-refractivity contribution < 1.29 is 5.11 Å². The first kappa shape index (κ1) is 9.36. The molecule has 1 rings (SSSR count). The van der Waals surface area contributed by atoms with Gasteiger partial charge in [-0.05, 0) is 31.0 Å². The van der Waals surface area contributed by atoms with Crippen LogP contribution >= 0.6 is 11.6 Å². The largest absolute Gasteiger partial charge is 0.508 e. The zero-order valence-electron chi connectivity index (χ0n) is 6.92. The molecule has 0 aliphatic carbocycles. The third kappa shape index (κ3) is 2.40. The Morgan fingerprint density at radius 3 is 2.75 bits per heavy atom. The third-order valence-corrected chi connectivity index (χ3v) is 1.93. The van der Waals surface area contributed by atoms with Crippen LogP contribution < -0.4 is 5.73 Å². The van der Waals surface area contributed by atoms with E-state index in [2.05, 4.69) is 0 Å². The highest BCUT2D eigenvalue weighted by atomic mass is 35.5. The molecule has 3 N–H and O–H groups in total. The highest BCUT2D eigenvalue weighted by Crippen LogP contribution is 2.22. The Kier molecular flexibility index (Phi) is 2.95. The summed E-state index contributed by atoms with van der Waals surface area (Å²) >= 11 is 5.86. The van der Waals surface area contributed by atoms with Gasteiger partial charge >= 0.3 is 0 Å². The summed E-state index contributed by atoms with van der Waals surface area (Å²) in [6.07, 6.45) is 0.735. The van der Waals surface area contributed by atoms with Crippen molar-refractivity contribution in [2.75, 3.05) is 0 Å². The molecule has 0 aliphatic heterocycles. The lowest BCUT2D eigenvalue weighted by atomic mass is 10.1. The maximum Gasteiger partial charge on any atom is 0.117 e. The summed E-state index contributed by atoms with van der Waals surface area (Å²) in [4.78, 5) is 0. The molecule has 0 amide bonds. The van der Waals surface area contributed by atoms with Gasteiger partial charge in [-0.25, -0.2) is 0 Å². The molecule has 0 bridgehead atoms. The Hall–Kier alpha value is -0.730. The number of hydrogen-bond donors (Lipinski definition) is 2. The van der Waals surface area contributed by atoms with Gasteiger partial charge in [0.15, 0.2) is 0 Å². The SMILES string of the molecule is C[C@H](N)Cc1ccc(O)cc1Cl. The van der Waals surface area contributed by atoms with Crippen molar-refractivity contribution in [3.8, 4) is 5.75 Å². The van der Waals surface area contributed by atoms with Crippen LogP contribution in [-0.2, 0) is 6.42 Å². The fourth-order valence-corrected chi connectivity index (χ4v) is 1.30. The smallest absolute Gasteiger partial charge is 0.117 e. The maximum atomic E-state index is 9.06. The molecule has 0 aliphatic rings. The van der Waals surface area contributed by atoms with E-state index in [-0.39, 0.29) is 11.8 Å². The molecular formula is C9H12ClNO. The van der Waals surface area contributed by atoms with Crippen molar-refractivity contribution in [1.82, 2.24) is 0 Å². The van der Waals surface area contributed by atoms with E-state index in [1.54, 1.807) is 12.1 Å². The first-order chi connectivity index (χ1) is 5.59. The molecule has 0 saturated heterocycles. The van der Waals surface area contributed by atoms with Crippen molar-refractivity contribution in [3.63, 3.8) is 0 Å². The Balaban J connectivity index is 2.86. The number of benzene rings is 1. The van der Waals surface area contributed by atoms with Gasteiger partial charge in [0.25, 0.3) is 0 Å². The minimum atomic E-state index is 0.0899. The predicted octanol–water partition coefficient (Wildman–Crippen LogP) is 1.94. The molecule has 1 aromatic carbocycles. The molecule has 0 saturated carbocycles. The van der Waals surface area contributed by atoms with Gasteiger partial charge in [0.2, 0.25) is 0 Å². The highest BCUT2D eigenvalue weighted by Gasteiger charge is 2.03. The topological polar surface area (TPSA) is 46.2 Å². The van der Waals surface area contributed by atoms with E-state index in [4.69, 9.17) is 22.4 Å². The zero-order valence-corrected chi connectivity index (χ0v) is 7.67. The Bertz CT molecular complexity index is 273. The van der Waals surface area contributed by atoms with Crippen molar-refractivity contribution in [2.24, 2.45) is 5.73 Å². The van der Waals surface area contributed by atoms with E-state index in [0.29, 0.717) is 5.02 Å². The van der Waals surface area contributed by atoms with Crippen LogP contribution in [-0.4, -0.2) is 11.1 Å². The van der Waals surface area contributed by atoms with Gasteiger partial charge in [-0.2, -0.15) is 0 Å². The van der Waals surface area contributed by atoms with Gasteiger partial charge in [0.1, 0.15) is 5.75 Å². The summed E-state index contributed by atoms with van der Waals surface area (Å²) in [5.74, 6) is 0.188. The first-order valence-corrected chi connectivity index (χ1v) is 4.20. The second-order valence-corrected chi connectivity index (χ2v) is 3.36. The molecule has 2 nitrogen and oxygen atoms in total. The minimum absolute atomic E-state index is 0.0899. The van der Waals surface area contributed by atoms with Crippen molar-refractivity contribution in [2.45, 2.75) is 19.4 Å².